The van der Waals surface area contributed by atoms with Crippen molar-refractivity contribution in [2.24, 2.45) is 0 Å². The zero-order valence-electron chi connectivity index (χ0n) is 10.00. The smallest absolute Gasteiger partial charge is 0.266 e. The third kappa shape index (κ3) is 1.87. The SMILES string of the molecule is C[C@H]1Oc2ccc(C(C)(C)C)nc2NC1=O. The summed E-state index contributed by atoms with van der Waals surface area (Å²) in [4.78, 5) is 15.9. The Morgan fingerprint density at radius 1 is 1.38 bits per heavy atom. The number of anilines is 1. The zero-order valence-corrected chi connectivity index (χ0v) is 10.00. The van der Waals surface area contributed by atoms with Crippen LogP contribution in [0.5, 0.6) is 5.75 Å². The molecule has 0 spiro atoms. The zero-order chi connectivity index (χ0) is 11.9. The maximum Gasteiger partial charge on any atom is 0.266 e. The summed E-state index contributed by atoms with van der Waals surface area (Å²) in [6.07, 6.45) is -0.449. The van der Waals surface area contributed by atoms with Gasteiger partial charge in [0.2, 0.25) is 0 Å². The van der Waals surface area contributed by atoms with Crippen LogP contribution in [0.3, 0.4) is 0 Å². The predicted molar refractivity (Wildman–Crippen MR) is 61.7 cm³/mol. The molecular formula is C12H16N2O2. The van der Waals surface area contributed by atoms with E-state index in [0.717, 1.165) is 5.69 Å². The van der Waals surface area contributed by atoms with Gasteiger partial charge in [-0.1, -0.05) is 20.8 Å². The van der Waals surface area contributed by atoms with Gasteiger partial charge < -0.3 is 10.1 Å². The van der Waals surface area contributed by atoms with Gasteiger partial charge in [0.1, 0.15) is 0 Å². The molecule has 0 aliphatic carbocycles. The third-order valence-electron chi connectivity index (χ3n) is 2.54. The Kier molecular flexibility index (Phi) is 2.37. The lowest BCUT2D eigenvalue weighted by Gasteiger charge is -2.25. The first-order chi connectivity index (χ1) is 7.38. The van der Waals surface area contributed by atoms with Gasteiger partial charge in [-0.25, -0.2) is 4.98 Å². The molecule has 0 aromatic carbocycles. The fraction of sp³-hybridized carbons (Fsp3) is 0.500. The van der Waals surface area contributed by atoms with Gasteiger partial charge >= 0.3 is 0 Å². The number of rotatable bonds is 0. The second-order valence-electron chi connectivity index (χ2n) is 5.04. The minimum absolute atomic E-state index is 0.0389. The molecule has 1 aliphatic heterocycles. The van der Waals surface area contributed by atoms with Gasteiger partial charge in [-0.3, -0.25) is 4.79 Å². The number of aromatic nitrogens is 1. The highest BCUT2D eigenvalue weighted by Gasteiger charge is 2.26. The van der Waals surface area contributed by atoms with E-state index >= 15 is 0 Å². The van der Waals surface area contributed by atoms with Crippen molar-refractivity contribution in [2.45, 2.75) is 39.2 Å². The summed E-state index contributed by atoms with van der Waals surface area (Å²) in [7, 11) is 0. The summed E-state index contributed by atoms with van der Waals surface area (Å²) in [5.41, 5.74) is 0.896. The first kappa shape index (κ1) is 10.9. The number of nitrogens with zero attached hydrogens (tertiary/aromatic N) is 1. The van der Waals surface area contributed by atoms with E-state index in [2.05, 4.69) is 31.1 Å². The van der Waals surface area contributed by atoms with Crippen molar-refractivity contribution in [3.8, 4) is 5.75 Å². The van der Waals surface area contributed by atoms with Crippen LogP contribution in [0.15, 0.2) is 12.1 Å². The monoisotopic (exact) mass is 220 g/mol. The van der Waals surface area contributed by atoms with E-state index in [0.29, 0.717) is 11.6 Å². The first-order valence-electron chi connectivity index (χ1n) is 5.37. The second kappa shape index (κ2) is 3.47. The summed E-state index contributed by atoms with van der Waals surface area (Å²) in [5.74, 6) is 1.02. The van der Waals surface area contributed by atoms with E-state index in [-0.39, 0.29) is 11.3 Å². The van der Waals surface area contributed by atoms with Crippen LogP contribution in [0, 0.1) is 0 Å². The van der Waals surface area contributed by atoms with Crippen LogP contribution < -0.4 is 10.1 Å². The Hall–Kier alpha value is -1.58. The Bertz CT molecular complexity index is 435. The maximum atomic E-state index is 11.4. The highest BCUT2D eigenvalue weighted by Crippen LogP contribution is 2.31. The number of fused-ring (bicyclic) bond motifs is 1. The quantitative estimate of drug-likeness (QED) is 0.728. The Morgan fingerprint density at radius 3 is 2.69 bits per heavy atom. The number of carbonyl (C=O) groups excluding carboxylic acids is 1. The standard InChI is InChI=1S/C12H16N2O2/c1-7-11(15)14-10-8(16-7)5-6-9(13-10)12(2,3)4/h5-7H,1-4H3,(H,13,14,15)/t7-/m1/s1. The number of amides is 1. The van der Waals surface area contributed by atoms with Crippen molar-refractivity contribution in [1.29, 1.82) is 0 Å². The summed E-state index contributed by atoms with van der Waals surface area (Å²) in [6.45, 7) is 7.96. The van der Waals surface area contributed by atoms with E-state index in [1.54, 1.807) is 6.92 Å². The fourth-order valence-electron chi connectivity index (χ4n) is 1.51. The molecule has 1 atom stereocenters. The van der Waals surface area contributed by atoms with Crippen LogP contribution in [0.4, 0.5) is 5.82 Å². The van der Waals surface area contributed by atoms with E-state index in [4.69, 9.17) is 4.74 Å². The van der Waals surface area contributed by atoms with Gasteiger partial charge in [0.25, 0.3) is 5.91 Å². The third-order valence-corrected chi connectivity index (χ3v) is 2.54. The molecular weight excluding hydrogens is 204 g/mol. The molecule has 1 N–H and O–H groups in total. The molecule has 1 aromatic rings. The van der Waals surface area contributed by atoms with Gasteiger partial charge in [0, 0.05) is 11.1 Å². The van der Waals surface area contributed by atoms with E-state index in [9.17, 15) is 4.79 Å². The van der Waals surface area contributed by atoms with Gasteiger partial charge in [0.05, 0.1) is 0 Å². The second-order valence-corrected chi connectivity index (χ2v) is 5.04. The van der Waals surface area contributed by atoms with Crippen molar-refractivity contribution in [2.75, 3.05) is 5.32 Å². The fourth-order valence-corrected chi connectivity index (χ4v) is 1.51. The molecule has 16 heavy (non-hydrogen) atoms. The van der Waals surface area contributed by atoms with Crippen LogP contribution in [-0.2, 0) is 10.2 Å². The van der Waals surface area contributed by atoms with Crippen molar-refractivity contribution in [3.05, 3.63) is 17.8 Å². The van der Waals surface area contributed by atoms with Crippen LogP contribution in [0.1, 0.15) is 33.4 Å². The number of nitrogens with one attached hydrogen (secondary N) is 1. The molecule has 1 aromatic heterocycles. The Labute approximate surface area is 95.0 Å². The lowest BCUT2D eigenvalue weighted by atomic mass is 9.91. The molecule has 4 heteroatoms. The molecule has 0 fully saturated rings. The molecule has 0 radical (unpaired) electrons. The molecule has 0 saturated heterocycles. The van der Waals surface area contributed by atoms with Crippen LogP contribution >= 0.6 is 0 Å². The summed E-state index contributed by atoms with van der Waals surface area (Å²) >= 11 is 0. The number of hydrogen-bond acceptors (Lipinski definition) is 3. The van der Waals surface area contributed by atoms with E-state index in [1.807, 2.05) is 12.1 Å². The van der Waals surface area contributed by atoms with Crippen LogP contribution in [0.2, 0.25) is 0 Å². The normalized spacial score (nSPS) is 19.8. The average molecular weight is 220 g/mol. The highest BCUT2D eigenvalue weighted by atomic mass is 16.5. The van der Waals surface area contributed by atoms with Crippen molar-refractivity contribution < 1.29 is 9.53 Å². The minimum Gasteiger partial charge on any atom is -0.477 e. The number of carbonyl (C=O) groups is 1. The van der Waals surface area contributed by atoms with Crippen molar-refractivity contribution in [1.82, 2.24) is 4.98 Å². The van der Waals surface area contributed by atoms with Crippen molar-refractivity contribution >= 4 is 11.7 Å². The topological polar surface area (TPSA) is 51.2 Å². The highest BCUT2D eigenvalue weighted by molar-refractivity contribution is 5.96. The lowest BCUT2D eigenvalue weighted by Crippen LogP contribution is -2.35. The van der Waals surface area contributed by atoms with Gasteiger partial charge in [-0.2, -0.15) is 0 Å². The molecule has 2 heterocycles. The molecule has 1 amide bonds. The molecule has 1 aliphatic rings. The number of hydrogen-bond donors (Lipinski definition) is 1. The molecule has 2 rings (SSSR count). The molecule has 0 bridgehead atoms. The number of ether oxygens (including phenoxy) is 1. The van der Waals surface area contributed by atoms with Gasteiger partial charge in [-0.05, 0) is 19.1 Å². The van der Waals surface area contributed by atoms with Gasteiger partial charge in [0.15, 0.2) is 17.7 Å². The van der Waals surface area contributed by atoms with E-state index in [1.165, 1.54) is 0 Å². The van der Waals surface area contributed by atoms with Crippen LogP contribution in [0.25, 0.3) is 0 Å². The van der Waals surface area contributed by atoms with Gasteiger partial charge in [-0.15, -0.1) is 0 Å². The molecule has 86 valence electrons. The van der Waals surface area contributed by atoms with E-state index < -0.39 is 6.10 Å². The lowest BCUT2D eigenvalue weighted by molar-refractivity contribution is -0.122. The Morgan fingerprint density at radius 2 is 2.06 bits per heavy atom. The van der Waals surface area contributed by atoms with Crippen LogP contribution in [-0.4, -0.2) is 17.0 Å². The number of pyridine rings is 1. The summed E-state index contributed by atoms with van der Waals surface area (Å²) < 4.78 is 5.44. The van der Waals surface area contributed by atoms with Crippen molar-refractivity contribution in [3.63, 3.8) is 0 Å². The molecule has 0 unspecified atom stereocenters. The first-order valence-corrected chi connectivity index (χ1v) is 5.37. The average Bonchev–Trinajstić information content (AvgIpc) is 2.17. The Balaban J connectivity index is 2.40. The molecule has 4 nitrogen and oxygen atoms in total. The largest absolute Gasteiger partial charge is 0.477 e. The predicted octanol–water partition coefficient (Wildman–Crippen LogP) is 2.10. The minimum atomic E-state index is -0.449. The summed E-state index contributed by atoms with van der Waals surface area (Å²) in [6, 6.07) is 3.79. The molecule has 0 saturated carbocycles. The maximum absolute atomic E-state index is 11.4. The summed E-state index contributed by atoms with van der Waals surface area (Å²) in [5, 5.41) is 2.75.